The molecule has 3 aliphatic rings. The van der Waals surface area contributed by atoms with Gasteiger partial charge in [-0.3, -0.25) is 28.8 Å². The molecule has 6 rings (SSSR count). The summed E-state index contributed by atoms with van der Waals surface area (Å²) < 4.78 is 5.52. The molecule has 0 spiro atoms. The largest absolute Gasteiger partial charge is 0.448 e. The van der Waals surface area contributed by atoms with Crippen LogP contribution < -0.4 is 37.2 Å². The highest BCUT2D eigenvalue weighted by molar-refractivity contribution is 8.00. The average Bonchev–Trinajstić information content (AvgIpc) is 4.02. The number of hydrogen-bond donors (Lipinski definition) is 7. The van der Waals surface area contributed by atoms with Crippen molar-refractivity contribution in [2.75, 3.05) is 18.8 Å². The first-order valence-electron chi connectivity index (χ1n) is 22.7. The van der Waals surface area contributed by atoms with Crippen molar-refractivity contribution in [3.8, 4) is 0 Å². The summed E-state index contributed by atoms with van der Waals surface area (Å²) in [4.78, 5) is 92.1. The number of nitrogens with one attached hydrogen (secondary N) is 7. The molecule has 7 amide bonds. The number of oxazole rings is 1. The Balaban J connectivity index is 0.784. The summed E-state index contributed by atoms with van der Waals surface area (Å²) >= 11 is 1.89. The van der Waals surface area contributed by atoms with Gasteiger partial charge in [0.1, 0.15) is 17.2 Å². The fraction of sp³-hybridized carbons (Fsp3) is 0.500. The maximum absolute atomic E-state index is 13.4. The van der Waals surface area contributed by atoms with Crippen molar-refractivity contribution in [3.05, 3.63) is 94.3 Å². The fourth-order valence-electron chi connectivity index (χ4n) is 8.10. The van der Waals surface area contributed by atoms with Gasteiger partial charge in [-0.2, -0.15) is 11.8 Å². The molecule has 3 fully saturated rings. The molecule has 4 atom stereocenters. The van der Waals surface area contributed by atoms with Crippen LogP contribution in [0.2, 0.25) is 0 Å². The van der Waals surface area contributed by atoms with Crippen LogP contribution in [0.4, 0.5) is 4.79 Å². The number of fused-ring (bicyclic) bond motifs is 1. The summed E-state index contributed by atoms with van der Waals surface area (Å²) in [5.74, 6) is 0.297. The maximum atomic E-state index is 13.4. The minimum atomic E-state index is -1.00. The second kappa shape index (κ2) is 23.3. The molecule has 3 saturated heterocycles. The molecule has 0 saturated carbocycles. The van der Waals surface area contributed by atoms with Gasteiger partial charge in [0.25, 0.3) is 11.8 Å². The van der Waals surface area contributed by atoms with E-state index in [9.17, 15) is 33.6 Å². The summed E-state index contributed by atoms with van der Waals surface area (Å²) in [7, 11) is 0. The van der Waals surface area contributed by atoms with Gasteiger partial charge in [-0.25, -0.2) is 9.78 Å². The monoisotopic (exact) mass is 910 g/mol. The lowest BCUT2D eigenvalue weighted by Gasteiger charge is -2.26. The van der Waals surface area contributed by atoms with Crippen molar-refractivity contribution < 1.29 is 38.0 Å². The highest BCUT2D eigenvalue weighted by Gasteiger charge is 2.42. The van der Waals surface area contributed by atoms with Crippen LogP contribution in [-0.2, 0) is 35.9 Å². The molecular formula is C48H62N8O8S. The first-order valence-corrected chi connectivity index (χ1v) is 23.8. The Kier molecular flexibility index (Phi) is 17.4. The first kappa shape index (κ1) is 48.5. The van der Waals surface area contributed by atoms with Crippen molar-refractivity contribution in [1.82, 2.24) is 42.2 Å². The van der Waals surface area contributed by atoms with Crippen molar-refractivity contribution in [3.63, 3.8) is 0 Å². The second-order valence-corrected chi connectivity index (χ2v) is 19.2. The molecule has 4 heterocycles. The van der Waals surface area contributed by atoms with Gasteiger partial charge in [-0.05, 0) is 61.8 Å². The van der Waals surface area contributed by atoms with Crippen molar-refractivity contribution in [2.45, 2.75) is 133 Å². The predicted molar refractivity (Wildman–Crippen MR) is 247 cm³/mol. The molecule has 3 aliphatic heterocycles. The highest BCUT2D eigenvalue weighted by Crippen LogP contribution is 2.33. The van der Waals surface area contributed by atoms with E-state index in [2.05, 4.69) is 42.2 Å². The van der Waals surface area contributed by atoms with Gasteiger partial charge in [-0.15, -0.1) is 0 Å². The number of unbranched alkanes of at least 4 members (excludes halogenated alkanes) is 5. The molecule has 7 N–H and O–H groups in total. The lowest BCUT2D eigenvalue weighted by atomic mass is 9.89. The molecule has 2 aromatic carbocycles. The standard InChI is InChI=1S/C48H62N8O8S/c1-48(2,3)44-41(52-29-64-44)42-46(62)53-34(45(61)55-42)26-31-13-12-14-33(25-31)43(60)32-21-19-30(20-22-32)27-51-39(59)17-7-5-11-23-49-37(57)16-6-4-10-24-50-38(58)18-9-8-15-36-40-35(28-65-36)54-47(63)56-40/h12-14,19-22,25-26,29,35-36,40,42H,4-11,15-18,23-24,27-28H2,1-3H3,(H,49,57)(H,50,58)(H,51,59)(H,53,62)(H,55,61)(H2,54,56,63)/b34-26+/t35-,36-,40-,42?/m0/s1. The Morgan fingerprint density at radius 2 is 1.45 bits per heavy atom. The molecule has 1 aromatic heterocycles. The molecule has 65 heavy (non-hydrogen) atoms. The van der Waals surface area contributed by atoms with Gasteiger partial charge in [0, 0.05) is 66.4 Å². The minimum absolute atomic E-state index is 0.0143. The van der Waals surface area contributed by atoms with Gasteiger partial charge in [0.15, 0.2) is 18.2 Å². The number of thioether (sulfide) groups is 1. The Morgan fingerprint density at radius 1 is 0.785 bits per heavy atom. The average molecular weight is 911 g/mol. The summed E-state index contributed by atoms with van der Waals surface area (Å²) in [6, 6.07) is 13.1. The highest BCUT2D eigenvalue weighted by atomic mass is 32.2. The number of piperazine rings is 1. The predicted octanol–water partition coefficient (Wildman–Crippen LogP) is 5.23. The van der Waals surface area contributed by atoms with Crippen molar-refractivity contribution in [2.24, 2.45) is 0 Å². The number of aromatic nitrogens is 1. The molecule has 348 valence electrons. The molecular weight excluding hydrogens is 849 g/mol. The number of hydrogen-bond acceptors (Lipinski definition) is 10. The van der Waals surface area contributed by atoms with Crippen molar-refractivity contribution in [1.29, 1.82) is 0 Å². The zero-order chi connectivity index (χ0) is 46.3. The first-order chi connectivity index (χ1) is 31.2. The Hall–Kier alpha value is -5.97. The summed E-state index contributed by atoms with van der Waals surface area (Å²) in [5, 5.41) is 20.6. The number of ketones is 1. The smallest absolute Gasteiger partial charge is 0.315 e. The van der Waals surface area contributed by atoms with Crippen LogP contribution in [0.5, 0.6) is 0 Å². The van der Waals surface area contributed by atoms with Crippen LogP contribution in [0.25, 0.3) is 6.08 Å². The number of nitrogens with zero attached hydrogens (tertiary/aromatic N) is 1. The van der Waals surface area contributed by atoms with E-state index in [1.165, 1.54) is 12.5 Å². The summed E-state index contributed by atoms with van der Waals surface area (Å²) in [6.45, 7) is 7.28. The topological polar surface area (TPSA) is 230 Å². The Morgan fingerprint density at radius 3 is 2.12 bits per heavy atom. The quantitative estimate of drug-likeness (QED) is 0.0284. The minimum Gasteiger partial charge on any atom is -0.448 e. The van der Waals surface area contributed by atoms with E-state index in [4.69, 9.17) is 4.42 Å². The lowest BCUT2D eigenvalue weighted by Crippen LogP contribution is -2.50. The van der Waals surface area contributed by atoms with E-state index in [1.54, 1.807) is 48.5 Å². The fourth-order valence-corrected chi connectivity index (χ4v) is 9.64. The van der Waals surface area contributed by atoms with E-state index in [0.29, 0.717) is 78.7 Å². The lowest BCUT2D eigenvalue weighted by molar-refractivity contribution is -0.131. The number of amides is 7. The van der Waals surface area contributed by atoms with E-state index < -0.39 is 23.3 Å². The molecule has 16 nitrogen and oxygen atoms in total. The third kappa shape index (κ3) is 14.3. The van der Waals surface area contributed by atoms with Gasteiger partial charge < -0.3 is 41.6 Å². The molecule has 3 aromatic rings. The number of carbonyl (C=O) groups excluding carboxylic acids is 7. The van der Waals surface area contributed by atoms with Crippen LogP contribution in [0.1, 0.15) is 142 Å². The molecule has 17 heteroatoms. The van der Waals surface area contributed by atoms with Crippen LogP contribution in [0.15, 0.2) is 65.0 Å². The zero-order valence-electron chi connectivity index (χ0n) is 37.5. The van der Waals surface area contributed by atoms with Gasteiger partial charge in [0.05, 0.1) is 12.1 Å². The van der Waals surface area contributed by atoms with Crippen LogP contribution in [0, 0.1) is 0 Å². The zero-order valence-corrected chi connectivity index (χ0v) is 38.3. The third-order valence-corrected chi connectivity index (χ3v) is 13.2. The normalized spacial score (nSPS) is 19.7. The number of benzene rings is 2. The number of carbonyl (C=O) groups is 7. The molecule has 0 radical (unpaired) electrons. The molecule has 0 aliphatic carbocycles. The van der Waals surface area contributed by atoms with Crippen molar-refractivity contribution >= 4 is 59.2 Å². The maximum Gasteiger partial charge on any atom is 0.315 e. The summed E-state index contributed by atoms with van der Waals surface area (Å²) in [6.07, 6.45) is 11.6. The van der Waals surface area contributed by atoms with Gasteiger partial charge in [0.2, 0.25) is 17.7 Å². The van der Waals surface area contributed by atoms with Crippen LogP contribution in [0.3, 0.4) is 0 Å². The summed E-state index contributed by atoms with van der Waals surface area (Å²) in [5.41, 5.74) is 2.24. The van der Waals surface area contributed by atoms with Crippen LogP contribution >= 0.6 is 11.8 Å². The van der Waals surface area contributed by atoms with E-state index >= 15 is 0 Å². The molecule has 0 bridgehead atoms. The van der Waals surface area contributed by atoms with E-state index in [-0.39, 0.29) is 47.3 Å². The third-order valence-electron chi connectivity index (χ3n) is 11.6. The van der Waals surface area contributed by atoms with Gasteiger partial charge >= 0.3 is 6.03 Å². The Labute approximate surface area is 384 Å². The second-order valence-electron chi connectivity index (χ2n) is 17.9. The SMILES string of the molecule is CC(C)(C)c1ocnc1C1NC(=O)/C(=C\c2cccc(C(=O)c3ccc(CNC(=O)CCCCCNC(=O)CCCCCNC(=O)CCCC[C@@H]4SC[C@@H]5NC(=O)N[C@@H]54)cc3)c2)NC1=O. The van der Waals surface area contributed by atoms with E-state index in [0.717, 1.165) is 62.7 Å². The Bertz CT molecular complexity index is 2220. The number of urea groups is 1. The van der Waals surface area contributed by atoms with E-state index in [1.807, 2.05) is 32.5 Å². The number of rotatable bonds is 23. The van der Waals surface area contributed by atoms with Crippen LogP contribution in [-0.4, -0.2) is 82.5 Å². The molecule has 1 unspecified atom stereocenters. The van der Waals surface area contributed by atoms with Gasteiger partial charge in [-0.1, -0.05) is 82.5 Å².